The maximum absolute atomic E-state index is 12.5. The summed E-state index contributed by atoms with van der Waals surface area (Å²) in [6, 6.07) is 13.3. The Bertz CT molecular complexity index is 1060. The molecule has 0 N–H and O–H groups in total. The molecule has 0 atom stereocenters. The number of ketones is 1. The summed E-state index contributed by atoms with van der Waals surface area (Å²) in [6.45, 7) is 1.99. The van der Waals surface area contributed by atoms with Gasteiger partial charge in [0.05, 0.1) is 26.2 Å². The topological polar surface area (TPSA) is 44.8 Å². The summed E-state index contributed by atoms with van der Waals surface area (Å²) in [6.07, 6.45) is 7.41. The molecule has 0 aliphatic carbocycles. The number of benzene rings is 2. The molecule has 4 nitrogen and oxygen atoms in total. The van der Waals surface area contributed by atoms with Gasteiger partial charge in [-0.15, -0.1) is 11.3 Å². The lowest BCUT2D eigenvalue weighted by Gasteiger charge is -2.15. The van der Waals surface area contributed by atoms with E-state index in [1.165, 1.54) is 11.3 Å². The van der Waals surface area contributed by atoms with E-state index in [-0.39, 0.29) is 5.78 Å². The molecule has 5 heteroatoms. The molecule has 0 aliphatic heterocycles. The van der Waals surface area contributed by atoms with Crippen LogP contribution in [0.2, 0.25) is 0 Å². The van der Waals surface area contributed by atoms with Crippen molar-refractivity contribution in [3.63, 3.8) is 0 Å². The van der Waals surface area contributed by atoms with Gasteiger partial charge in [-0.1, -0.05) is 30.4 Å². The second kappa shape index (κ2) is 9.94. The predicted octanol–water partition coefficient (Wildman–Crippen LogP) is 6.15. The van der Waals surface area contributed by atoms with E-state index >= 15 is 0 Å². The molecule has 3 rings (SSSR count). The molecule has 0 saturated carbocycles. The Morgan fingerprint density at radius 1 is 0.867 bits per heavy atom. The van der Waals surface area contributed by atoms with Crippen molar-refractivity contribution in [2.45, 2.75) is 6.92 Å². The molecule has 1 aromatic heterocycles. The van der Waals surface area contributed by atoms with Gasteiger partial charge in [-0.25, -0.2) is 0 Å². The van der Waals surface area contributed by atoms with Crippen LogP contribution in [0.15, 0.2) is 53.9 Å². The molecule has 0 fully saturated rings. The van der Waals surface area contributed by atoms with Gasteiger partial charge in [-0.2, -0.15) is 0 Å². The summed E-state index contributed by atoms with van der Waals surface area (Å²) in [7, 11) is 4.89. The zero-order valence-electron chi connectivity index (χ0n) is 17.5. The standard InChI is InChI=1S/C25H24O4S/c1-17-20(12-9-18-7-10-19(27-2)11-8-18)21(24(29-4)16-23(17)28-3)13-14-22(26)25-6-5-15-30-25/h5-16H,1-4H3/b12-9+,14-13+. The Hall–Kier alpha value is -3.31. The minimum Gasteiger partial charge on any atom is -0.497 e. The second-order valence-corrected chi connectivity index (χ2v) is 7.46. The van der Waals surface area contributed by atoms with Gasteiger partial charge in [0.25, 0.3) is 0 Å². The van der Waals surface area contributed by atoms with Crippen LogP contribution in [0.5, 0.6) is 17.2 Å². The van der Waals surface area contributed by atoms with Gasteiger partial charge < -0.3 is 14.2 Å². The van der Waals surface area contributed by atoms with Crippen molar-refractivity contribution in [2.75, 3.05) is 21.3 Å². The van der Waals surface area contributed by atoms with E-state index < -0.39 is 0 Å². The lowest BCUT2D eigenvalue weighted by atomic mass is 9.97. The molecule has 0 amide bonds. The fourth-order valence-corrected chi connectivity index (χ4v) is 3.74. The van der Waals surface area contributed by atoms with E-state index in [1.54, 1.807) is 33.5 Å². The van der Waals surface area contributed by atoms with Crippen molar-refractivity contribution in [3.05, 3.63) is 81.1 Å². The van der Waals surface area contributed by atoms with Gasteiger partial charge in [0.15, 0.2) is 5.78 Å². The van der Waals surface area contributed by atoms with E-state index in [9.17, 15) is 4.79 Å². The van der Waals surface area contributed by atoms with Gasteiger partial charge in [0, 0.05) is 11.6 Å². The number of carbonyl (C=O) groups excluding carboxylic acids is 1. The van der Waals surface area contributed by atoms with Crippen LogP contribution in [0.1, 0.15) is 31.9 Å². The average Bonchev–Trinajstić information content (AvgIpc) is 3.32. The third-order valence-corrected chi connectivity index (χ3v) is 5.64. The van der Waals surface area contributed by atoms with Gasteiger partial charge in [0.2, 0.25) is 0 Å². The zero-order chi connectivity index (χ0) is 21.5. The summed E-state index contributed by atoms with van der Waals surface area (Å²) >= 11 is 1.42. The second-order valence-electron chi connectivity index (χ2n) is 6.51. The maximum Gasteiger partial charge on any atom is 0.195 e. The minimum absolute atomic E-state index is 0.0365. The van der Waals surface area contributed by atoms with Crippen LogP contribution in [0.4, 0.5) is 0 Å². The summed E-state index contributed by atoms with van der Waals surface area (Å²) in [5.41, 5.74) is 3.75. The molecule has 3 aromatic rings. The lowest BCUT2D eigenvalue weighted by Crippen LogP contribution is -1.98. The van der Waals surface area contributed by atoms with Crippen LogP contribution in [-0.2, 0) is 0 Å². The van der Waals surface area contributed by atoms with Gasteiger partial charge >= 0.3 is 0 Å². The Balaban J connectivity index is 2.04. The van der Waals surface area contributed by atoms with E-state index in [2.05, 4.69) is 0 Å². The van der Waals surface area contributed by atoms with Crippen LogP contribution in [0, 0.1) is 6.92 Å². The molecular formula is C25H24O4S. The summed E-state index contributed by atoms with van der Waals surface area (Å²) in [4.78, 5) is 13.2. The molecule has 0 spiro atoms. The normalized spacial score (nSPS) is 11.2. The van der Waals surface area contributed by atoms with Crippen molar-refractivity contribution < 1.29 is 19.0 Å². The highest BCUT2D eigenvalue weighted by atomic mass is 32.1. The van der Waals surface area contributed by atoms with Crippen molar-refractivity contribution in [1.29, 1.82) is 0 Å². The van der Waals surface area contributed by atoms with E-state index in [1.807, 2.05) is 66.9 Å². The fourth-order valence-electron chi connectivity index (χ4n) is 3.09. The van der Waals surface area contributed by atoms with Crippen molar-refractivity contribution in [2.24, 2.45) is 0 Å². The molecule has 0 radical (unpaired) electrons. The third kappa shape index (κ3) is 4.81. The predicted molar refractivity (Wildman–Crippen MR) is 124 cm³/mol. The number of ether oxygens (including phenoxy) is 3. The number of carbonyl (C=O) groups is 1. The first-order valence-electron chi connectivity index (χ1n) is 9.41. The van der Waals surface area contributed by atoms with Crippen molar-refractivity contribution >= 4 is 35.3 Å². The molecule has 0 bridgehead atoms. The Kier molecular flexibility index (Phi) is 7.09. The molecule has 0 saturated heterocycles. The number of allylic oxidation sites excluding steroid dienone is 1. The highest BCUT2D eigenvalue weighted by molar-refractivity contribution is 7.12. The monoisotopic (exact) mass is 420 g/mol. The highest BCUT2D eigenvalue weighted by Gasteiger charge is 2.14. The highest BCUT2D eigenvalue weighted by Crippen LogP contribution is 2.35. The first-order chi connectivity index (χ1) is 14.6. The van der Waals surface area contributed by atoms with E-state index in [4.69, 9.17) is 14.2 Å². The van der Waals surface area contributed by atoms with Crippen LogP contribution in [0.3, 0.4) is 0 Å². The molecule has 0 unspecified atom stereocenters. The van der Waals surface area contributed by atoms with E-state index in [0.717, 1.165) is 33.8 Å². The number of hydrogen-bond acceptors (Lipinski definition) is 5. The molecule has 2 aromatic carbocycles. The maximum atomic E-state index is 12.5. The Morgan fingerprint density at radius 2 is 1.60 bits per heavy atom. The molecule has 0 aliphatic rings. The zero-order valence-corrected chi connectivity index (χ0v) is 18.3. The first kappa shape index (κ1) is 21.4. The third-order valence-electron chi connectivity index (χ3n) is 4.75. The van der Waals surface area contributed by atoms with Crippen molar-refractivity contribution in [1.82, 2.24) is 0 Å². The van der Waals surface area contributed by atoms with Crippen LogP contribution >= 0.6 is 11.3 Å². The summed E-state index contributed by atoms with van der Waals surface area (Å²) < 4.78 is 16.3. The smallest absolute Gasteiger partial charge is 0.195 e. The Labute approximate surface area is 181 Å². The van der Waals surface area contributed by atoms with Gasteiger partial charge in [0.1, 0.15) is 17.2 Å². The summed E-state index contributed by atoms with van der Waals surface area (Å²) in [5.74, 6) is 2.14. The number of thiophene rings is 1. The molecule has 154 valence electrons. The Morgan fingerprint density at radius 3 is 2.20 bits per heavy atom. The largest absolute Gasteiger partial charge is 0.497 e. The van der Waals surface area contributed by atoms with Gasteiger partial charge in [-0.05, 0) is 59.3 Å². The minimum atomic E-state index is -0.0365. The fraction of sp³-hybridized carbons (Fsp3) is 0.160. The first-order valence-corrected chi connectivity index (χ1v) is 10.3. The number of rotatable bonds is 8. The quantitative estimate of drug-likeness (QED) is 0.249. The van der Waals surface area contributed by atoms with Gasteiger partial charge in [-0.3, -0.25) is 4.79 Å². The lowest BCUT2D eigenvalue weighted by molar-refractivity contribution is 0.105. The van der Waals surface area contributed by atoms with Crippen LogP contribution < -0.4 is 14.2 Å². The SMILES string of the molecule is COc1ccc(/C=C/c2c(C)c(OC)cc(OC)c2/C=C/C(=O)c2cccs2)cc1. The van der Waals surface area contributed by atoms with Crippen LogP contribution in [-0.4, -0.2) is 27.1 Å². The molecule has 30 heavy (non-hydrogen) atoms. The average molecular weight is 421 g/mol. The number of hydrogen-bond donors (Lipinski definition) is 0. The van der Waals surface area contributed by atoms with Crippen LogP contribution in [0.25, 0.3) is 18.2 Å². The number of methoxy groups -OCH3 is 3. The molecular weight excluding hydrogens is 396 g/mol. The van der Waals surface area contributed by atoms with Crippen molar-refractivity contribution in [3.8, 4) is 17.2 Å². The summed E-state index contributed by atoms with van der Waals surface area (Å²) in [5, 5.41) is 1.89. The molecule has 1 heterocycles. The van der Waals surface area contributed by atoms with E-state index in [0.29, 0.717) is 10.6 Å².